The Hall–Kier alpha value is -0.120. The summed E-state index contributed by atoms with van der Waals surface area (Å²) < 4.78 is 5.68. The lowest BCUT2D eigenvalue weighted by Crippen LogP contribution is -2.61. The topological polar surface area (TPSA) is 38.5 Å². The number of likely N-dealkylation sites (tertiary alicyclic amines) is 1. The monoisotopic (exact) mass is 252 g/mol. The van der Waals surface area contributed by atoms with Crippen molar-refractivity contribution in [2.24, 2.45) is 23.5 Å². The van der Waals surface area contributed by atoms with Crippen LogP contribution < -0.4 is 5.73 Å². The number of rotatable bonds is 3. The Morgan fingerprint density at radius 2 is 2.17 bits per heavy atom. The first-order chi connectivity index (χ1) is 8.69. The highest BCUT2D eigenvalue weighted by molar-refractivity contribution is 5.09. The summed E-state index contributed by atoms with van der Waals surface area (Å²) in [6.07, 6.45) is 7.30. The van der Waals surface area contributed by atoms with Gasteiger partial charge in [-0.15, -0.1) is 0 Å². The first-order valence-corrected chi connectivity index (χ1v) is 7.67. The van der Waals surface area contributed by atoms with Crippen molar-refractivity contribution < 1.29 is 4.74 Å². The number of hydrogen-bond donors (Lipinski definition) is 1. The summed E-state index contributed by atoms with van der Waals surface area (Å²) in [7, 11) is 1.86. The largest absolute Gasteiger partial charge is 0.380 e. The molecule has 3 aliphatic rings. The van der Waals surface area contributed by atoms with E-state index in [0.717, 1.165) is 24.9 Å². The van der Waals surface area contributed by atoms with Gasteiger partial charge in [-0.05, 0) is 50.0 Å². The van der Waals surface area contributed by atoms with Gasteiger partial charge in [-0.25, -0.2) is 0 Å². The Morgan fingerprint density at radius 3 is 2.72 bits per heavy atom. The zero-order valence-electron chi connectivity index (χ0n) is 11.9. The summed E-state index contributed by atoms with van der Waals surface area (Å²) in [4.78, 5) is 2.70. The Morgan fingerprint density at radius 1 is 1.33 bits per heavy atom. The Kier molecular flexibility index (Phi) is 3.41. The van der Waals surface area contributed by atoms with Crippen molar-refractivity contribution in [3.05, 3.63) is 0 Å². The minimum Gasteiger partial charge on any atom is -0.380 e. The Balaban J connectivity index is 1.76. The molecule has 2 N–H and O–H groups in total. The molecule has 3 fully saturated rings. The molecule has 1 saturated heterocycles. The number of nitrogens with two attached hydrogens (primary N) is 1. The fourth-order valence-corrected chi connectivity index (χ4v) is 4.93. The smallest absolute Gasteiger partial charge is 0.0724 e. The van der Waals surface area contributed by atoms with Crippen LogP contribution in [0.15, 0.2) is 0 Å². The van der Waals surface area contributed by atoms with Gasteiger partial charge in [-0.3, -0.25) is 4.90 Å². The standard InChI is InChI=1S/C15H28N2O/c1-11-5-6-17(9-14(11)18-2)15(10-16)8-12-3-4-13(15)7-12/h11-14H,3-10,16H2,1-2H3. The third kappa shape index (κ3) is 1.83. The zero-order valence-corrected chi connectivity index (χ0v) is 11.9. The van der Waals surface area contributed by atoms with E-state index >= 15 is 0 Å². The number of hydrogen-bond acceptors (Lipinski definition) is 3. The minimum absolute atomic E-state index is 0.319. The summed E-state index contributed by atoms with van der Waals surface area (Å²) in [6, 6.07) is 0. The van der Waals surface area contributed by atoms with E-state index < -0.39 is 0 Å². The van der Waals surface area contributed by atoms with Gasteiger partial charge in [-0.2, -0.15) is 0 Å². The molecule has 0 aromatic heterocycles. The van der Waals surface area contributed by atoms with E-state index in [1.54, 1.807) is 0 Å². The molecule has 2 saturated carbocycles. The predicted molar refractivity (Wildman–Crippen MR) is 73.4 cm³/mol. The van der Waals surface area contributed by atoms with Crippen molar-refractivity contribution in [2.45, 2.75) is 50.7 Å². The summed E-state index contributed by atoms with van der Waals surface area (Å²) in [5.41, 5.74) is 6.54. The van der Waals surface area contributed by atoms with Gasteiger partial charge in [0.05, 0.1) is 6.10 Å². The van der Waals surface area contributed by atoms with E-state index in [2.05, 4.69) is 11.8 Å². The Bertz CT molecular complexity index is 309. The first-order valence-electron chi connectivity index (χ1n) is 7.67. The van der Waals surface area contributed by atoms with Crippen molar-refractivity contribution in [3.63, 3.8) is 0 Å². The molecule has 2 bridgehead atoms. The quantitative estimate of drug-likeness (QED) is 0.833. The van der Waals surface area contributed by atoms with Gasteiger partial charge in [0, 0.05) is 25.7 Å². The molecule has 0 aromatic rings. The molecule has 0 aromatic carbocycles. The van der Waals surface area contributed by atoms with Crippen LogP contribution in [0.4, 0.5) is 0 Å². The third-order valence-corrected chi connectivity index (χ3v) is 6.12. The van der Waals surface area contributed by atoms with E-state index in [4.69, 9.17) is 10.5 Å². The molecule has 0 amide bonds. The van der Waals surface area contributed by atoms with Crippen LogP contribution in [0.5, 0.6) is 0 Å². The van der Waals surface area contributed by atoms with Gasteiger partial charge in [0.1, 0.15) is 0 Å². The maximum atomic E-state index is 6.23. The zero-order chi connectivity index (χ0) is 12.8. The molecular formula is C15H28N2O. The average Bonchev–Trinajstić information content (AvgIpc) is 3.00. The van der Waals surface area contributed by atoms with E-state index in [1.807, 2.05) is 7.11 Å². The summed E-state index contributed by atoms with van der Waals surface area (Å²) in [5, 5.41) is 0. The van der Waals surface area contributed by atoms with Crippen molar-refractivity contribution >= 4 is 0 Å². The first kappa shape index (κ1) is 12.9. The lowest BCUT2D eigenvalue weighted by atomic mass is 9.77. The van der Waals surface area contributed by atoms with Crippen LogP contribution in [0.25, 0.3) is 0 Å². The SMILES string of the molecule is COC1CN(C2(CN)CC3CCC2C3)CCC1C. The molecule has 5 atom stereocenters. The summed E-state index contributed by atoms with van der Waals surface area (Å²) in [5.74, 6) is 2.51. The average molecular weight is 252 g/mol. The number of piperidine rings is 1. The van der Waals surface area contributed by atoms with Crippen molar-refractivity contribution in [1.82, 2.24) is 4.90 Å². The molecule has 2 aliphatic carbocycles. The van der Waals surface area contributed by atoms with Crippen LogP contribution in [0.1, 0.15) is 39.0 Å². The second-order valence-corrected chi connectivity index (χ2v) is 6.87. The van der Waals surface area contributed by atoms with Gasteiger partial charge in [0.15, 0.2) is 0 Å². The fourth-order valence-electron chi connectivity index (χ4n) is 4.93. The number of nitrogens with zero attached hydrogens (tertiary/aromatic N) is 1. The van der Waals surface area contributed by atoms with Gasteiger partial charge >= 0.3 is 0 Å². The molecule has 3 heteroatoms. The molecule has 5 unspecified atom stereocenters. The second-order valence-electron chi connectivity index (χ2n) is 6.87. The van der Waals surface area contributed by atoms with Crippen LogP contribution in [-0.4, -0.2) is 43.3 Å². The summed E-state index contributed by atoms with van der Waals surface area (Å²) >= 11 is 0. The van der Waals surface area contributed by atoms with Gasteiger partial charge in [-0.1, -0.05) is 13.3 Å². The second kappa shape index (κ2) is 4.77. The molecule has 1 heterocycles. The van der Waals surface area contributed by atoms with Crippen molar-refractivity contribution in [1.29, 1.82) is 0 Å². The van der Waals surface area contributed by atoms with E-state index in [0.29, 0.717) is 17.6 Å². The molecular weight excluding hydrogens is 224 g/mol. The van der Waals surface area contributed by atoms with Gasteiger partial charge in [0.25, 0.3) is 0 Å². The summed E-state index contributed by atoms with van der Waals surface area (Å²) in [6.45, 7) is 5.49. The predicted octanol–water partition coefficient (Wildman–Crippen LogP) is 1.86. The van der Waals surface area contributed by atoms with Crippen LogP contribution in [-0.2, 0) is 4.74 Å². The molecule has 3 rings (SSSR count). The van der Waals surface area contributed by atoms with Crippen LogP contribution in [0, 0.1) is 17.8 Å². The maximum Gasteiger partial charge on any atom is 0.0724 e. The van der Waals surface area contributed by atoms with E-state index in [-0.39, 0.29) is 0 Å². The van der Waals surface area contributed by atoms with Gasteiger partial charge in [0.2, 0.25) is 0 Å². The normalized spacial score (nSPS) is 48.8. The fraction of sp³-hybridized carbons (Fsp3) is 1.00. The third-order valence-electron chi connectivity index (χ3n) is 6.12. The minimum atomic E-state index is 0.319. The Labute approximate surface area is 111 Å². The highest BCUT2D eigenvalue weighted by atomic mass is 16.5. The number of methoxy groups -OCH3 is 1. The molecule has 3 nitrogen and oxygen atoms in total. The van der Waals surface area contributed by atoms with E-state index in [1.165, 1.54) is 38.6 Å². The number of ether oxygens (including phenoxy) is 1. The van der Waals surface area contributed by atoms with Gasteiger partial charge < -0.3 is 10.5 Å². The molecule has 18 heavy (non-hydrogen) atoms. The highest BCUT2D eigenvalue weighted by Gasteiger charge is 2.54. The maximum absolute atomic E-state index is 6.23. The van der Waals surface area contributed by atoms with Crippen molar-refractivity contribution in [3.8, 4) is 0 Å². The highest BCUT2D eigenvalue weighted by Crippen LogP contribution is 2.53. The van der Waals surface area contributed by atoms with Crippen LogP contribution in [0.3, 0.4) is 0 Å². The van der Waals surface area contributed by atoms with Crippen molar-refractivity contribution in [2.75, 3.05) is 26.7 Å². The lowest BCUT2D eigenvalue weighted by molar-refractivity contribution is -0.0606. The number of fused-ring (bicyclic) bond motifs is 2. The molecule has 104 valence electrons. The van der Waals surface area contributed by atoms with E-state index in [9.17, 15) is 0 Å². The lowest BCUT2D eigenvalue weighted by Gasteiger charge is -2.50. The van der Waals surface area contributed by atoms with Crippen LogP contribution >= 0.6 is 0 Å². The molecule has 0 spiro atoms. The molecule has 1 aliphatic heterocycles. The van der Waals surface area contributed by atoms with Crippen LogP contribution in [0.2, 0.25) is 0 Å². The molecule has 0 radical (unpaired) electrons.